The monoisotopic (exact) mass is 361 g/mol. The molecule has 1 aromatic heterocycles. The average molecular weight is 361 g/mol. The number of nitrogens with zero attached hydrogens (tertiary/aromatic N) is 1. The van der Waals surface area contributed by atoms with E-state index in [9.17, 15) is 24.6 Å². The number of ether oxygens (including phenoxy) is 1. The Kier molecular flexibility index (Phi) is 5.41. The molecule has 1 heterocycles. The molecule has 0 bridgehead atoms. The van der Waals surface area contributed by atoms with Gasteiger partial charge < -0.3 is 24.5 Å². The highest BCUT2D eigenvalue weighted by molar-refractivity contribution is 6.07. The molecule has 0 aliphatic carbocycles. The summed E-state index contributed by atoms with van der Waals surface area (Å²) >= 11 is 0. The summed E-state index contributed by atoms with van der Waals surface area (Å²) in [4.78, 5) is 38.0. The number of carbonyl (C=O) groups is 2. The Morgan fingerprint density at radius 3 is 2.27 bits per heavy atom. The van der Waals surface area contributed by atoms with Crippen LogP contribution in [-0.2, 0) is 4.79 Å². The predicted molar refractivity (Wildman–Crippen MR) is 89.8 cm³/mol. The van der Waals surface area contributed by atoms with Gasteiger partial charge in [-0.3, -0.25) is 9.79 Å². The number of ketones is 1. The first kappa shape index (κ1) is 18.7. The minimum absolute atomic E-state index is 0.0537. The molecule has 136 valence electrons. The summed E-state index contributed by atoms with van der Waals surface area (Å²) in [5, 5.41) is 28.2. The zero-order chi connectivity index (χ0) is 19.4. The molecule has 0 aliphatic rings. The van der Waals surface area contributed by atoms with Gasteiger partial charge in [-0.25, -0.2) is 9.59 Å². The van der Waals surface area contributed by atoms with E-state index in [0.29, 0.717) is 11.4 Å². The van der Waals surface area contributed by atoms with Gasteiger partial charge in [-0.1, -0.05) is 0 Å². The molecule has 0 aliphatic heterocycles. The lowest BCUT2D eigenvalue weighted by Crippen LogP contribution is -2.15. The van der Waals surface area contributed by atoms with Crippen molar-refractivity contribution in [2.75, 3.05) is 6.61 Å². The number of aromatic hydroxyl groups is 2. The van der Waals surface area contributed by atoms with E-state index in [0.717, 1.165) is 6.92 Å². The van der Waals surface area contributed by atoms with Crippen LogP contribution in [0.4, 0.5) is 5.69 Å². The number of rotatable bonds is 6. The molecule has 0 unspecified atom stereocenters. The lowest BCUT2D eigenvalue weighted by molar-refractivity contribution is -0.139. The van der Waals surface area contributed by atoms with E-state index in [1.807, 2.05) is 0 Å². The third kappa shape index (κ3) is 4.07. The highest BCUT2D eigenvalue weighted by Gasteiger charge is 2.23. The molecule has 0 amide bonds. The number of carboxylic acids is 1. The number of benzene rings is 1. The number of Topliss-reactive ketones (excluding diaryl/α,β-unsaturated/α-hetero) is 1. The second kappa shape index (κ2) is 7.51. The Morgan fingerprint density at radius 2 is 1.73 bits per heavy atom. The Balaban J connectivity index is 2.38. The van der Waals surface area contributed by atoms with Crippen molar-refractivity contribution in [2.45, 2.75) is 13.8 Å². The predicted octanol–water partition coefficient (Wildman–Crippen LogP) is 1.86. The van der Waals surface area contributed by atoms with Gasteiger partial charge in [-0.05, 0) is 38.1 Å². The lowest BCUT2D eigenvalue weighted by Gasteiger charge is -2.08. The number of aliphatic carboxylic acids is 1. The van der Waals surface area contributed by atoms with Crippen LogP contribution in [0.3, 0.4) is 0 Å². The largest absolute Gasteiger partial charge is 0.506 e. The topological polar surface area (TPSA) is 147 Å². The van der Waals surface area contributed by atoms with Gasteiger partial charge in [0.1, 0.15) is 22.6 Å². The highest BCUT2D eigenvalue weighted by Crippen LogP contribution is 2.29. The second-order valence-electron chi connectivity index (χ2n) is 5.22. The first-order valence-electron chi connectivity index (χ1n) is 7.31. The fourth-order valence-electron chi connectivity index (χ4n) is 2.16. The molecular weight excluding hydrogens is 346 g/mol. The molecule has 0 saturated heterocycles. The first-order valence-corrected chi connectivity index (χ1v) is 7.31. The minimum atomic E-state index is -1.11. The van der Waals surface area contributed by atoms with Gasteiger partial charge in [-0.15, -0.1) is 0 Å². The molecule has 1 aromatic carbocycles. The van der Waals surface area contributed by atoms with Gasteiger partial charge in [0.2, 0.25) is 0 Å². The Bertz CT molecular complexity index is 940. The van der Waals surface area contributed by atoms with Crippen molar-refractivity contribution in [2.24, 2.45) is 4.99 Å². The Morgan fingerprint density at radius 1 is 1.12 bits per heavy atom. The van der Waals surface area contributed by atoms with Crippen molar-refractivity contribution in [1.82, 2.24) is 0 Å². The molecule has 9 heteroatoms. The summed E-state index contributed by atoms with van der Waals surface area (Å²) in [7, 11) is 0. The fourth-order valence-corrected chi connectivity index (χ4v) is 2.16. The second-order valence-corrected chi connectivity index (χ2v) is 5.22. The molecule has 2 rings (SSSR count). The third-order valence-electron chi connectivity index (χ3n) is 3.29. The molecule has 0 radical (unpaired) electrons. The maximum atomic E-state index is 11.9. The van der Waals surface area contributed by atoms with E-state index in [2.05, 4.69) is 9.41 Å². The van der Waals surface area contributed by atoms with E-state index in [1.54, 1.807) is 0 Å². The molecule has 0 spiro atoms. The zero-order valence-electron chi connectivity index (χ0n) is 13.8. The van der Waals surface area contributed by atoms with Crippen LogP contribution in [0.15, 0.2) is 38.5 Å². The number of carbonyl (C=O) groups excluding carboxylic acids is 1. The van der Waals surface area contributed by atoms with E-state index < -0.39 is 41.2 Å². The van der Waals surface area contributed by atoms with Crippen molar-refractivity contribution >= 4 is 23.2 Å². The smallest absolute Gasteiger partial charge is 0.351 e. The van der Waals surface area contributed by atoms with Crippen LogP contribution in [0, 0.1) is 0 Å². The van der Waals surface area contributed by atoms with Crippen molar-refractivity contribution in [3.8, 4) is 17.4 Å². The summed E-state index contributed by atoms with van der Waals surface area (Å²) < 4.78 is 9.56. The summed E-state index contributed by atoms with van der Waals surface area (Å²) in [5.41, 5.74) is -1.47. The van der Waals surface area contributed by atoms with Crippen LogP contribution < -0.4 is 10.4 Å². The minimum Gasteiger partial charge on any atom is -0.506 e. The molecule has 26 heavy (non-hydrogen) atoms. The Hall–Kier alpha value is -3.62. The van der Waals surface area contributed by atoms with Gasteiger partial charge in [0.05, 0.1) is 11.4 Å². The van der Waals surface area contributed by atoms with Crippen molar-refractivity contribution in [3.05, 3.63) is 45.8 Å². The molecule has 3 N–H and O–H groups in total. The SMILES string of the molecule is CC(=O)c1c(O)oc(=O)c(C(C)=Nc2ccc(OCC(=O)O)cc2)c1O. The van der Waals surface area contributed by atoms with Crippen LogP contribution in [0.1, 0.15) is 29.8 Å². The molecule has 9 nitrogen and oxygen atoms in total. The highest BCUT2D eigenvalue weighted by atomic mass is 16.5. The number of carboxylic acid groups (broad SMARTS) is 1. The normalized spacial score (nSPS) is 11.2. The maximum absolute atomic E-state index is 11.9. The van der Waals surface area contributed by atoms with Crippen LogP contribution in [0.5, 0.6) is 17.4 Å². The molecule has 0 saturated carbocycles. The van der Waals surface area contributed by atoms with Gasteiger partial charge in [0.15, 0.2) is 12.4 Å². The van der Waals surface area contributed by atoms with Gasteiger partial charge >= 0.3 is 11.6 Å². The van der Waals surface area contributed by atoms with E-state index in [-0.39, 0.29) is 11.3 Å². The van der Waals surface area contributed by atoms with Gasteiger partial charge in [0, 0.05) is 0 Å². The average Bonchev–Trinajstić information content (AvgIpc) is 2.53. The molecular formula is C17H15NO8. The number of hydrogen-bond donors (Lipinski definition) is 3. The number of hydrogen-bond acceptors (Lipinski definition) is 8. The lowest BCUT2D eigenvalue weighted by atomic mass is 10.1. The quantitative estimate of drug-likeness (QED) is 0.522. The molecule has 2 aromatic rings. The van der Waals surface area contributed by atoms with Gasteiger partial charge in [-0.2, -0.15) is 0 Å². The van der Waals surface area contributed by atoms with E-state index in [4.69, 9.17) is 9.84 Å². The van der Waals surface area contributed by atoms with Crippen LogP contribution in [0.25, 0.3) is 0 Å². The van der Waals surface area contributed by atoms with E-state index in [1.165, 1.54) is 31.2 Å². The summed E-state index contributed by atoms with van der Waals surface area (Å²) in [6.45, 7) is 2.03. The summed E-state index contributed by atoms with van der Waals surface area (Å²) in [5.74, 6) is -3.16. The summed E-state index contributed by atoms with van der Waals surface area (Å²) in [6.07, 6.45) is 0. The fraction of sp³-hybridized carbons (Fsp3) is 0.176. The van der Waals surface area contributed by atoms with Crippen LogP contribution in [-0.4, -0.2) is 39.4 Å². The molecule has 0 atom stereocenters. The molecule has 0 fully saturated rings. The maximum Gasteiger partial charge on any atom is 0.351 e. The standard InChI is InChI=1S/C17H15NO8/c1-8(13-15(22)14(9(2)19)17(24)26-16(13)23)18-10-3-5-11(6-4-10)25-7-12(20)21/h3-6,22,24H,7H2,1-2H3,(H,20,21). The Labute approximate surface area is 146 Å². The van der Waals surface area contributed by atoms with Crippen molar-refractivity contribution < 1.29 is 34.1 Å². The zero-order valence-corrected chi connectivity index (χ0v) is 13.8. The number of aliphatic imine (C=N–C) groups is 1. The van der Waals surface area contributed by atoms with Crippen molar-refractivity contribution in [1.29, 1.82) is 0 Å². The van der Waals surface area contributed by atoms with E-state index >= 15 is 0 Å². The van der Waals surface area contributed by atoms with Crippen LogP contribution in [0.2, 0.25) is 0 Å². The third-order valence-corrected chi connectivity index (χ3v) is 3.29. The summed E-state index contributed by atoms with van der Waals surface area (Å²) in [6, 6.07) is 5.97. The first-order chi connectivity index (χ1) is 12.2. The van der Waals surface area contributed by atoms with Crippen LogP contribution >= 0.6 is 0 Å². The van der Waals surface area contributed by atoms with Crippen molar-refractivity contribution in [3.63, 3.8) is 0 Å². The van der Waals surface area contributed by atoms with Gasteiger partial charge in [0.25, 0.3) is 5.95 Å².